The Kier molecular flexibility index (Phi) is 7.51. The van der Waals surface area contributed by atoms with Crippen molar-refractivity contribution in [2.75, 3.05) is 11.5 Å². The molecule has 3 rings (SSSR count). The molecule has 0 aliphatic carbocycles. The van der Waals surface area contributed by atoms with E-state index in [0.717, 1.165) is 29.9 Å². The van der Waals surface area contributed by atoms with E-state index in [4.69, 9.17) is 4.74 Å². The number of esters is 1. The van der Waals surface area contributed by atoms with E-state index in [1.54, 1.807) is 0 Å². The first-order valence-corrected chi connectivity index (χ1v) is 11.1. The lowest BCUT2D eigenvalue weighted by Crippen LogP contribution is -2.11. The Morgan fingerprint density at radius 3 is 1.74 bits per heavy atom. The molecule has 0 aliphatic rings. The van der Waals surface area contributed by atoms with Crippen molar-refractivity contribution >= 4 is 23.0 Å². The van der Waals surface area contributed by atoms with Crippen LogP contribution in [0, 0.1) is 27.7 Å². The number of rotatable bonds is 8. The van der Waals surface area contributed by atoms with E-state index in [2.05, 4.69) is 93.3 Å². The van der Waals surface area contributed by atoms with Crippen LogP contribution in [0.4, 0.5) is 17.1 Å². The van der Waals surface area contributed by atoms with Crippen LogP contribution in [0.25, 0.3) is 0 Å². The molecule has 0 spiro atoms. The van der Waals surface area contributed by atoms with Gasteiger partial charge in [-0.3, -0.25) is 4.79 Å². The van der Waals surface area contributed by atoms with Crippen LogP contribution >= 0.6 is 0 Å². The van der Waals surface area contributed by atoms with Crippen molar-refractivity contribution in [3.8, 4) is 0 Å². The summed E-state index contributed by atoms with van der Waals surface area (Å²) in [6.45, 7) is 10.9. The fourth-order valence-corrected chi connectivity index (χ4v) is 3.55. The summed E-state index contributed by atoms with van der Waals surface area (Å²) >= 11 is 0. The normalized spacial score (nSPS) is 10.7. The molecule has 0 fully saturated rings. The van der Waals surface area contributed by atoms with Gasteiger partial charge in [0.1, 0.15) is 0 Å². The van der Waals surface area contributed by atoms with Gasteiger partial charge in [0.05, 0.1) is 6.61 Å². The van der Waals surface area contributed by atoms with E-state index in [1.807, 2.05) is 6.92 Å². The maximum Gasteiger partial charge on any atom is 0.305 e. The molecule has 3 aromatic carbocycles. The molecule has 0 atom stereocenters. The zero-order chi connectivity index (χ0) is 22.4. The highest BCUT2D eigenvalue weighted by atomic mass is 16.5. The Morgan fingerprint density at radius 2 is 1.26 bits per heavy atom. The maximum atomic E-state index is 11.3. The van der Waals surface area contributed by atoms with Crippen LogP contribution in [0.3, 0.4) is 0 Å². The summed E-state index contributed by atoms with van der Waals surface area (Å²) in [6.07, 6.45) is 2.16. The summed E-state index contributed by atoms with van der Waals surface area (Å²) in [5.41, 5.74) is 9.85. The number of hydrogen-bond donors (Lipinski definition) is 0. The second kappa shape index (κ2) is 10.3. The summed E-state index contributed by atoms with van der Waals surface area (Å²) in [6, 6.07) is 21.9. The molecule has 0 unspecified atom stereocenters. The van der Waals surface area contributed by atoms with Crippen molar-refractivity contribution in [1.82, 2.24) is 0 Å². The molecule has 0 saturated heterocycles. The molecule has 3 aromatic rings. The Labute approximate surface area is 186 Å². The van der Waals surface area contributed by atoms with E-state index in [9.17, 15) is 4.79 Å². The van der Waals surface area contributed by atoms with Crippen LogP contribution in [-0.4, -0.2) is 12.6 Å². The molecule has 0 amide bonds. The van der Waals surface area contributed by atoms with Gasteiger partial charge in [-0.1, -0.05) is 31.2 Å². The molecule has 0 aromatic heterocycles. The minimum Gasteiger partial charge on any atom is -0.466 e. The van der Waals surface area contributed by atoms with Gasteiger partial charge >= 0.3 is 5.97 Å². The second-order valence-corrected chi connectivity index (χ2v) is 8.22. The highest BCUT2D eigenvalue weighted by Crippen LogP contribution is 2.36. The molecular weight excluding hydrogens is 382 g/mol. The third-order valence-electron chi connectivity index (χ3n) is 5.85. The number of hydrogen-bond acceptors (Lipinski definition) is 3. The molecule has 0 heterocycles. The molecule has 0 aliphatic heterocycles. The van der Waals surface area contributed by atoms with E-state index in [1.165, 1.54) is 27.8 Å². The van der Waals surface area contributed by atoms with E-state index < -0.39 is 0 Å². The van der Waals surface area contributed by atoms with Crippen molar-refractivity contribution in [2.45, 2.75) is 53.9 Å². The van der Waals surface area contributed by atoms with Crippen molar-refractivity contribution in [3.63, 3.8) is 0 Å². The van der Waals surface area contributed by atoms with Gasteiger partial charge in [0.2, 0.25) is 0 Å². The van der Waals surface area contributed by atoms with Crippen LogP contribution in [0.5, 0.6) is 0 Å². The zero-order valence-electron chi connectivity index (χ0n) is 19.4. The lowest BCUT2D eigenvalue weighted by atomic mass is 10.0. The molecule has 0 saturated carbocycles. The van der Waals surface area contributed by atoms with E-state index in [-0.39, 0.29) is 5.97 Å². The quantitative estimate of drug-likeness (QED) is 0.286. The highest BCUT2D eigenvalue weighted by molar-refractivity contribution is 5.77. The molecular formula is C28H33NO2. The smallest absolute Gasteiger partial charge is 0.305 e. The summed E-state index contributed by atoms with van der Waals surface area (Å²) in [7, 11) is 0. The molecule has 0 N–H and O–H groups in total. The minimum absolute atomic E-state index is 0.132. The lowest BCUT2D eigenvalue weighted by molar-refractivity contribution is -0.143. The van der Waals surface area contributed by atoms with Gasteiger partial charge < -0.3 is 9.64 Å². The van der Waals surface area contributed by atoms with Gasteiger partial charge in [-0.05, 0) is 105 Å². The Balaban J connectivity index is 1.86. The van der Waals surface area contributed by atoms with Crippen molar-refractivity contribution < 1.29 is 9.53 Å². The molecule has 31 heavy (non-hydrogen) atoms. The van der Waals surface area contributed by atoms with Crippen LogP contribution in [0.1, 0.15) is 47.6 Å². The molecule has 3 nitrogen and oxygen atoms in total. The van der Waals surface area contributed by atoms with Crippen LogP contribution < -0.4 is 4.90 Å². The van der Waals surface area contributed by atoms with Gasteiger partial charge in [0, 0.05) is 23.5 Å². The average Bonchev–Trinajstić information content (AvgIpc) is 2.77. The van der Waals surface area contributed by atoms with Gasteiger partial charge in [0.25, 0.3) is 0 Å². The number of carbonyl (C=O) groups excluding carboxylic acids is 1. The van der Waals surface area contributed by atoms with Gasteiger partial charge in [-0.2, -0.15) is 0 Å². The van der Waals surface area contributed by atoms with E-state index in [0.29, 0.717) is 13.0 Å². The summed E-state index contributed by atoms with van der Waals surface area (Å²) < 4.78 is 5.18. The minimum atomic E-state index is -0.132. The number of benzene rings is 3. The monoisotopic (exact) mass is 415 g/mol. The van der Waals surface area contributed by atoms with Gasteiger partial charge in [0.15, 0.2) is 0 Å². The topological polar surface area (TPSA) is 29.5 Å². The maximum absolute atomic E-state index is 11.3. The van der Waals surface area contributed by atoms with Crippen molar-refractivity contribution in [1.29, 1.82) is 0 Å². The third kappa shape index (κ3) is 5.75. The predicted octanol–water partition coefficient (Wildman–Crippen LogP) is 7.28. The number of aryl methyl sites for hydroxylation is 5. The molecule has 0 bridgehead atoms. The highest BCUT2D eigenvalue weighted by Gasteiger charge is 2.14. The Hall–Kier alpha value is -3.07. The zero-order valence-corrected chi connectivity index (χ0v) is 19.4. The Morgan fingerprint density at radius 1 is 0.742 bits per heavy atom. The van der Waals surface area contributed by atoms with Crippen LogP contribution in [0.2, 0.25) is 0 Å². The number of carbonyl (C=O) groups is 1. The molecule has 0 radical (unpaired) electrons. The first-order chi connectivity index (χ1) is 14.9. The van der Waals surface area contributed by atoms with Crippen molar-refractivity contribution in [2.24, 2.45) is 0 Å². The van der Waals surface area contributed by atoms with Crippen LogP contribution in [0.15, 0.2) is 60.7 Å². The number of ether oxygens (including phenoxy) is 1. The fraction of sp³-hybridized carbons (Fsp3) is 0.321. The van der Waals surface area contributed by atoms with Gasteiger partial charge in [-0.15, -0.1) is 0 Å². The molecule has 3 heteroatoms. The summed E-state index contributed by atoms with van der Waals surface area (Å²) in [5, 5.41) is 0. The first kappa shape index (κ1) is 22.6. The van der Waals surface area contributed by atoms with Crippen LogP contribution in [-0.2, 0) is 16.0 Å². The number of nitrogens with zero attached hydrogens (tertiary/aromatic N) is 1. The largest absolute Gasteiger partial charge is 0.466 e. The first-order valence-electron chi connectivity index (χ1n) is 11.1. The standard InChI is InChI=1S/C28H33NO2/c1-6-28(30)31-17-7-8-24-11-15-25(16-12-24)29(26-13-9-20(2)22(4)18-26)27-14-10-21(3)23(5)19-27/h9-16,18-19H,6-8,17H2,1-5H3. The summed E-state index contributed by atoms with van der Waals surface area (Å²) in [5.74, 6) is -0.132. The predicted molar refractivity (Wildman–Crippen MR) is 130 cm³/mol. The van der Waals surface area contributed by atoms with Crippen molar-refractivity contribution in [3.05, 3.63) is 88.5 Å². The fourth-order valence-electron chi connectivity index (χ4n) is 3.55. The Bertz CT molecular complexity index is 986. The average molecular weight is 416 g/mol. The summed E-state index contributed by atoms with van der Waals surface area (Å²) in [4.78, 5) is 13.6. The van der Waals surface area contributed by atoms with Gasteiger partial charge in [-0.25, -0.2) is 0 Å². The molecule has 162 valence electrons. The van der Waals surface area contributed by atoms with E-state index >= 15 is 0 Å². The SMILES string of the molecule is CCC(=O)OCCCc1ccc(N(c2ccc(C)c(C)c2)c2ccc(C)c(C)c2)cc1. The third-order valence-corrected chi connectivity index (χ3v) is 5.85. The lowest BCUT2D eigenvalue weighted by Gasteiger charge is -2.27. The second-order valence-electron chi connectivity index (χ2n) is 8.22. The number of anilines is 3.